The summed E-state index contributed by atoms with van der Waals surface area (Å²) in [4.78, 5) is 14.6. The zero-order valence-electron chi connectivity index (χ0n) is 12.5. The van der Waals surface area contributed by atoms with E-state index < -0.39 is 5.97 Å². The van der Waals surface area contributed by atoms with Gasteiger partial charge in [-0.1, -0.05) is 6.07 Å². The normalized spacial score (nSPS) is 15.5. The van der Waals surface area contributed by atoms with Gasteiger partial charge in [-0.2, -0.15) is 0 Å². The van der Waals surface area contributed by atoms with E-state index in [2.05, 4.69) is 4.90 Å². The van der Waals surface area contributed by atoms with Crippen LogP contribution in [0.3, 0.4) is 0 Å². The number of carbonyl (C=O) groups is 1. The van der Waals surface area contributed by atoms with E-state index in [9.17, 15) is 9.18 Å². The maximum atomic E-state index is 14.0. The fourth-order valence-electron chi connectivity index (χ4n) is 2.71. The summed E-state index contributed by atoms with van der Waals surface area (Å²) in [6.07, 6.45) is 3.57. The summed E-state index contributed by atoms with van der Waals surface area (Å²) in [5.41, 5.74) is 1.70. The van der Waals surface area contributed by atoms with Gasteiger partial charge < -0.3 is 14.9 Å². The molecule has 2 rings (SSSR count). The van der Waals surface area contributed by atoms with Gasteiger partial charge in [-0.05, 0) is 44.0 Å². The number of benzene rings is 1. The van der Waals surface area contributed by atoms with Gasteiger partial charge in [0, 0.05) is 26.2 Å². The van der Waals surface area contributed by atoms with E-state index in [1.807, 2.05) is 18.0 Å². The molecule has 0 radical (unpaired) electrons. The topological polar surface area (TPSA) is 43.8 Å². The van der Waals surface area contributed by atoms with Crippen LogP contribution in [0.5, 0.6) is 0 Å². The SMILES string of the molecule is CN(CCC(=O)O)Cc1ccc(F)c(N2CCCCC2)c1. The molecule has 0 aromatic heterocycles. The van der Waals surface area contributed by atoms with E-state index in [0.29, 0.717) is 18.8 Å². The number of carboxylic acids is 1. The highest BCUT2D eigenvalue weighted by Crippen LogP contribution is 2.25. The highest BCUT2D eigenvalue weighted by molar-refractivity contribution is 5.66. The van der Waals surface area contributed by atoms with E-state index in [-0.39, 0.29) is 12.2 Å². The zero-order chi connectivity index (χ0) is 15.2. The third-order valence-corrected chi connectivity index (χ3v) is 3.87. The predicted molar refractivity (Wildman–Crippen MR) is 81.1 cm³/mol. The second-order valence-electron chi connectivity index (χ2n) is 5.71. The molecule has 1 N–H and O–H groups in total. The van der Waals surface area contributed by atoms with Gasteiger partial charge in [-0.3, -0.25) is 4.79 Å². The van der Waals surface area contributed by atoms with Crippen LogP contribution in [0.1, 0.15) is 31.2 Å². The average Bonchev–Trinajstić information content (AvgIpc) is 2.48. The van der Waals surface area contributed by atoms with Crippen molar-refractivity contribution in [2.75, 3.05) is 31.6 Å². The first-order valence-corrected chi connectivity index (χ1v) is 7.50. The molecular weight excluding hydrogens is 271 g/mol. The van der Waals surface area contributed by atoms with Gasteiger partial charge in [0.2, 0.25) is 0 Å². The largest absolute Gasteiger partial charge is 0.481 e. The number of aliphatic carboxylic acids is 1. The van der Waals surface area contributed by atoms with E-state index in [0.717, 1.165) is 31.5 Å². The van der Waals surface area contributed by atoms with Gasteiger partial charge in [-0.15, -0.1) is 0 Å². The van der Waals surface area contributed by atoms with Crippen molar-refractivity contribution in [1.29, 1.82) is 0 Å². The number of hydrogen-bond donors (Lipinski definition) is 1. The van der Waals surface area contributed by atoms with Crippen molar-refractivity contribution in [3.8, 4) is 0 Å². The van der Waals surface area contributed by atoms with Crippen LogP contribution in [0.2, 0.25) is 0 Å². The lowest BCUT2D eigenvalue weighted by Crippen LogP contribution is -2.30. The van der Waals surface area contributed by atoms with Gasteiger partial charge in [0.1, 0.15) is 5.82 Å². The Labute approximate surface area is 125 Å². The van der Waals surface area contributed by atoms with Crippen LogP contribution >= 0.6 is 0 Å². The minimum absolute atomic E-state index is 0.122. The van der Waals surface area contributed by atoms with E-state index >= 15 is 0 Å². The number of nitrogens with zero attached hydrogens (tertiary/aromatic N) is 2. The Hall–Kier alpha value is -1.62. The Bertz CT molecular complexity index is 487. The van der Waals surface area contributed by atoms with Gasteiger partial charge in [0.25, 0.3) is 0 Å². The molecular formula is C16H23FN2O2. The maximum Gasteiger partial charge on any atom is 0.304 e. The molecule has 0 bridgehead atoms. The van der Waals surface area contributed by atoms with Gasteiger partial charge >= 0.3 is 5.97 Å². The average molecular weight is 294 g/mol. The molecule has 1 aromatic rings. The summed E-state index contributed by atoms with van der Waals surface area (Å²) in [7, 11) is 1.88. The fourth-order valence-corrected chi connectivity index (χ4v) is 2.71. The van der Waals surface area contributed by atoms with E-state index in [1.165, 1.54) is 12.5 Å². The molecule has 0 amide bonds. The molecule has 4 nitrogen and oxygen atoms in total. The van der Waals surface area contributed by atoms with Crippen LogP contribution in [0.25, 0.3) is 0 Å². The quantitative estimate of drug-likeness (QED) is 0.876. The van der Waals surface area contributed by atoms with Crippen molar-refractivity contribution in [3.63, 3.8) is 0 Å². The van der Waals surface area contributed by atoms with E-state index in [1.54, 1.807) is 6.07 Å². The molecule has 1 heterocycles. The van der Waals surface area contributed by atoms with Crippen LogP contribution < -0.4 is 4.90 Å². The maximum absolute atomic E-state index is 14.0. The third kappa shape index (κ3) is 4.70. The van der Waals surface area contributed by atoms with Crippen molar-refractivity contribution < 1.29 is 14.3 Å². The van der Waals surface area contributed by atoms with Crippen LogP contribution in [0, 0.1) is 5.82 Å². The van der Waals surface area contributed by atoms with Crippen molar-refractivity contribution in [2.24, 2.45) is 0 Å². The number of rotatable bonds is 6. The van der Waals surface area contributed by atoms with Crippen LogP contribution in [-0.2, 0) is 11.3 Å². The third-order valence-electron chi connectivity index (χ3n) is 3.87. The summed E-state index contributed by atoms with van der Waals surface area (Å²) >= 11 is 0. The summed E-state index contributed by atoms with van der Waals surface area (Å²) in [6, 6.07) is 5.20. The highest BCUT2D eigenvalue weighted by Gasteiger charge is 2.15. The lowest BCUT2D eigenvalue weighted by atomic mass is 10.1. The monoisotopic (exact) mass is 294 g/mol. The molecule has 0 saturated carbocycles. The second kappa shape index (κ2) is 7.41. The minimum Gasteiger partial charge on any atom is -0.481 e. The molecule has 1 aliphatic heterocycles. The Morgan fingerprint density at radius 3 is 2.71 bits per heavy atom. The Morgan fingerprint density at radius 2 is 2.05 bits per heavy atom. The molecule has 5 heteroatoms. The van der Waals surface area contributed by atoms with E-state index in [4.69, 9.17) is 5.11 Å². The lowest BCUT2D eigenvalue weighted by Gasteiger charge is -2.29. The number of anilines is 1. The molecule has 1 saturated heterocycles. The van der Waals surface area contributed by atoms with Crippen molar-refractivity contribution in [1.82, 2.24) is 4.90 Å². The molecule has 0 aliphatic carbocycles. The molecule has 0 spiro atoms. The molecule has 0 atom stereocenters. The Kier molecular flexibility index (Phi) is 5.56. The molecule has 116 valence electrons. The smallest absolute Gasteiger partial charge is 0.304 e. The fraction of sp³-hybridized carbons (Fsp3) is 0.562. The van der Waals surface area contributed by atoms with Gasteiger partial charge in [0.05, 0.1) is 12.1 Å². The zero-order valence-corrected chi connectivity index (χ0v) is 12.5. The number of halogens is 1. The first kappa shape index (κ1) is 15.8. The van der Waals surface area contributed by atoms with Gasteiger partial charge in [0.15, 0.2) is 0 Å². The molecule has 21 heavy (non-hydrogen) atoms. The number of carboxylic acid groups (broad SMARTS) is 1. The van der Waals surface area contributed by atoms with Crippen LogP contribution in [-0.4, -0.2) is 42.7 Å². The standard InChI is InChI=1S/C16H23FN2O2/c1-18(10-7-16(20)21)12-13-5-6-14(17)15(11-13)19-8-3-2-4-9-19/h5-6,11H,2-4,7-10,12H2,1H3,(H,20,21). The van der Waals surface area contributed by atoms with Crippen molar-refractivity contribution in [2.45, 2.75) is 32.2 Å². The minimum atomic E-state index is -0.796. The highest BCUT2D eigenvalue weighted by atomic mass is 19.1. The lowest BCUT2D eigenvalue weighted by molar-refractivity contribution is -0.137. The molecule has 1 aliphatic rings. The number of hydrogen-bond acceptors (Lipinski definition) is 3. The Morgan fingerprint density at radius 1 is 1.33 bits per heavy atom. The molecule has 0 unspecified atom stereocenters. The number of piperidine rings is 1. The second-order valence-corrected chi connectivity index (χ2v) is 5.71. The van der Waals surface area contributed by atoms with Crippen molar-refractivity contribution >= 4 is 11.7 Å². The summed E-state index contributed by atoms with van der Waals surface area (Å²) in [6.45, 7) is 2.95. The van der Waals surface area contributed by atoms with Crippen LogP contribution in [0.4, 0.5) is 10.1 Å². The first-order valence-electron chi connectivity index (χ1n) is 7.50. The summed E-state index contributed by atoms with van der Waals surface area (Å²) in [5.74, 6) is -0.969. The summed E-state index contributed by atoms with van der Waals surface area (Å²) < 4.78 is 14.0. The van der Waals surface area contributed by atoms with Gasteiger partial charge in [-0.25, -0.2) is 4.39 Å². The molecule has 1 aromatic carbocycles. The summed E-state index contributed by atoms with van der Waals surface area (Å²) in [5, 5.41) is 8.70. The van der Waals surface area contributed by atoms with Crippen LogP contribution in [0.15, 0.2) is 18.2 Å². The first-order chi connectivity index (χ1) is 10.1. The molecule has 1 fully saturated rings. The Balaban J connectivity index is 2.02. The van der Waals surface area contributed by atoms with Crippen molar-refractivity contribution in [3.05, 3.63) is 29.6 Å². The predicted octanol–water partition coefficient (Wildman–Crippen LogP) is 2.72.